The fraction of sp³-hybridized carbons (Fsp3) is 0.462. The van der Waals surface area contributed by atoms with Crippen LogP contribution >= 0.6 is 0 Å². The van der Waals surface area contributed by atoms with Crippen LogP contribution in [0, 0.1) is 17.8 Å². The molecule has 1 amide bonds. The third-order valence-corrected chi connectivity index (χ3v) is 7.28. The molecule has 0 bridgehead atoms. The molecule has 0 fully saturated rings. The molecule has 3 rings (SSSR count). The van der Waals surface area contributed by atoms with E-state index < -0.39 is 17.9 Å². The van der Waals surface area contributed by atoms with Crippen molar-refractivity contribution in [1.82, 2.24) is 5.32 Å². The van der Waals surface area contributed by atoms with Crippen molar-refractivity contribution in [3.63, 3.8) is 0 Å². The van der Waals surface area contributed by atoms with Gasteiger partial charge in [-0.05, 0) is 84.2 Å². The highest BCUT2D eigenvalue weighted by atomic mass is 16.4. The molecule has 0 heterocycles. The summed E-state index contributed by atoms with van der Waals surface area (Å²) < 4.78 is 0. The molecule has 2 atom stereocenters. The predicted molar refractivity (Wildman–Crippen MR) is 185 cm³/mol. The summed E-state index contributed by atoms with van der Waals surface area (Å²) in [6.45, 7) is 16.7. The van der Waals surface area contributed by atoms with E-state index in [1.54, 1.807) is 14.0 Å². The largest absolute Gasteiger partial charge is 0.481 e. The van der Waals surface area contributed by atoms with Crippen LogP contribution in [0.3, 0.4) is 0 Å². The number of carbonyl (C=O) groups is 3. The summed E-state index contributed by atoms with van der Waals surface area (Å²) in [5, 5.41) is 20.1. The van der Waals surface area contributed by atoms with Crippen LogP contribution in [0.25, 0.3) is 0 Å². The molecule has 0 saturated carbocycles. The van der Waals surface area contributed by atoms with Gasteiger partial charge in [-0.3, -0.25) is 14.4 Å². The molecule has 0 radical (unpaired) electrons. The minimum atomic E-state index is -0.776. The van der Waals surface area contributed by atoms with E-state index in [4.69, 9.17) is 10.2 Å². The lowest BCUT2D eigenvalue weighted by atomic mass is 9.96. The van der Waals surface area contributed by atoms with E-state index in [1.165, 1.54) is 16.7 Å². The number of benzene rings is 3. The van der Waals surface area contributed by atoms with E-state index in [-0.39, 0.29) is 18.2 Å². The smallest absolute Gasteiger partial charge is 0.310 e. The molecule has 0 aliphatic rings. The van der Waals surface area contributed by atoms with Gasteiger partial charge >= 0.3 is 11.9 Å². The zero-order valence-corrected chi connectivity index (χ0v) is 28.8. The number of hydrogen-bond acceptors (Lipinski definition) is 3. The van der Waals surface area contributed by atoms with Crippen LogP contribution < -0.4 is 5.32 Å². The van der Waals surface area contributed by atoms with E-state index in [9.17, 15) is 14.4 Å². The van der Waals surface area contributed by atoms with Crippen molar-refractivity contribution in [2.45, 2.75) is 92.9 Å². The molecule has 45 heavy (non-hydrogen) atoms. The highest BCUT2D eigenvalue weighted by Gasteiger charge is 2.14. The molecule has 3 aromatic rings. The Morgan fingerprint density at radius 3 is 1.13 bits per heavy atom. The SMILES string of the molecule is CC(C)Cc1ccc(C(C)C(=O)O)cc1.CC(C)Cc1ccc(CC(=O)O)cc1.CNC(=O)C(C)c1ccc(CC(C)C)cc1. The van der Waals surface area contributed by atoms with Gasteiger partial charge in [0.05, 0.1) is 18.3 Å². The third kappa shape index (κ3) is 16.1. The molecular weight excluding hydrogens is 562 g/mol. The second-order valence-electron chi connectivity index (χ2n) is 13.1. The Balaban J connectivity index is 0.000000338. The van der Waals surface area contributed by atoms with Gasteiger partial charge in [0.2, 0.25) is 5.91 Å². The van der Waals surface area contributed by atoms with Crippen LogP contribution in [0.5, 0.6) is 0 Å². The van der Waals surface area contributed by atoms with Gasteiger partial charge in [0.25, 0.3) is 0 Å². The van der Waals surface area contributed by atoms with Crippen molar-refractivity contribution in [2.24, 2.45) is 17.8 Å². The monoisotopic (exact) mass is 617 g/mol. The van der Waals surface area contributed by atoms with Crippen molar-refractivity contribution >= 4 is 17.8 Å². The maximum absolute atomic E-state index is 11.5. The number of likely N-dealkylation sites (N-methyl/N-ethyl adjacent to an activating group) is 1. The van der Waals surface area contributed by atoms with Gasteiger partial charge < -0.3 is 15.5 Å². The van der Waals surface area contributed by atoms with Crippen molar-refractivity contribution < 1.29 is 24.6 Å². The Bertz CT molecular complexity index is 1290. The van der Waals surface area contributed by atoms with Gasteiger partial charge in [-0.1, -0.05) is 114 Å². The van der Waals surface area contributed by atoms with E-state index in [0.29, 0.717) is 17.8 Å². The van der Waals surface area contributed by atoms with Crippen LogP contribution in [-0.4, -0.2) is 35.1 Å². The van der Waals surface area contributed by atoms with E-state index >= 15 is 0 Å². The molecule has 0 aromatic heterocycles. The van der Waals surface area contributed by atoms with Gasteiger partial charge in [0.1, 0.15) is 0 Å². The zero-order chi connectivity index (χ0) is 34.1. The molecule has 2 unspecified atom stereocenters. The summed E-state index contributed by atoms with van der Waals surface area (Å²) in [6.07, 6.45) is 3.30. The number of amides is 1. The van der Waals surface area contributed by atoms with Crippen LogP contribution in [0.4, 0.5) is 0 Å². The van der Waals surface area contributed by atoms with Gasteiger partial charge in [-0.15, -0.1) is 0 Å². The van der Waals surface area contributed by atoms with Gasteiger partial charge in [0.15, 0.2) is 0 Å². The first kappa shape index (κ1) is 39.1. The number of hydrogen-bond donors (Lipinski definition) is 3. The molecule has 0 spiro atoms. The first-order chi connectivity index (χ1) is 21.1. The van der Waals surface area contributed by atoms with Crippen molar-refractivity contribution in [2.75, 3.05) is 7.05 Å². The van der Waals surface area contributed by atoms with Crippen LogP contribution in [0.1, 0.15) is 101 Å². The minimum absolute atomic E-state index is 0.0663. The second-order valence-corrected chi connectivity index (χ2v) is 13.1. The Morgan fingerprint density at radius 1 is 0.533 bits per heavy atom. The average Bonchev–Trinajstić information content (AvgIpc) is 2.97. The van der Waals surface area contributed by atoms with Gasteiger partial charge in [-0.25, -0.2) is 0 Å². The summed E-state index contributed by atoms with van der Waals surface area (Å²) in [5.41, 5.74) is 6.69. The Hall–Kier alpha value is -3.93. The lowest BCUT2D eigenvalue weighted by molar-refractivity contribution is -0.138. The van der Waals surface area contributed by atoms with Gasteiger partial charge in [0, 0.05) is 7.05 Å². The quantitative estimate of drug-likeness (QED) is 0.190. The lowest BCUT2D eigenvalue weighted by Crippen LogP contribution is -2.23. The van der Waals surface area contributed by atoms with E-state index in [0.717, 1.165) is 36.0 Å². The summed E-state index contributed by atoms with van der Waals surface area (Å²) in [5.74, 6) is -0.0312. The Kier molecular flexibility index (Phi) is 17.5. The number of nitrogens with one attached hydrogen (secondary N) is 1. The molecule has 3 N–H and O–H groups in total. The van der Waals surface area contributed by atoms with Crippen molar-refractivity contribution in [3.8, 4) is 0 Å². The Labute approximate surface area is 271 Å². The number of aliphatic carboxylic acids is 2. The molecule has 246 valence electrons. The summed E-state index contributed by atoms with van der Waals surface area (Å²) >= 11 is 0. The summed E-state index contributed by atoms with van der Waals surface area (Å²) in [7, 11) is 1.67. The fourth-order valence-electron chi connectivity index (χ4n) is 4.78. The first-order valence-corrected chi connectivity index (χ1v) is 16.0. The van der Waals surface area contributed by atoms with Crippen LogP contribution in [-0.2, 0) is 40.1 Å². The molecular formula is C39H55NO5. The van der Waals surface area contributed by atoms with Gasteiger partial charge in [-0.2, -0.15) is 0 Å². The first-order valence-electron chi connectivity index (χ1n) is 16.0. The molecule has 0 saturated heterocycles. The number of rotatable bonds is 12. The number of carboxylic acids is 2. The lowest BCUT2D eigenvalue weighted by Gasteiger charge is -2.11. The molecule has 3 aromatic carbocycles. The second kappa shape index (κ2) is 20.2. The highest BCUT2D eigenvalue weighted by molar-refractivity contribution is 5.82. The average molecular weight is 618 g/mol. The Morgan fingerprint density at radius 2 is 0.844 bits per heavy atom. The number of carboxylic acid groups (broad SMARTS) is 2. The fourth-order valence-corrected chi connectivity index (χ4v) is 4.78. The molecule has 0 aliphatic heterocycles. The highest BCUT2D eigenvalue weighted by Crippen LogP contribution is 2.18. The predicted octanol–water partition coefficient (Wildman–Crippen LogP) is 8.32. The molecule has 6 nitrogen and oxygen atoms in total. The van der Waals surface area contributed by atoms with Crippen LogP contribution in [0.2, 0.25) is 0 Å². The minimum Gasteiger partial charge on any atom is -0.481 e. The molecule has 6 heteroatoms. The maximum Gasteiger partial charge on any atom is 0.310 e. The number of carbonyl (C=O) groups excluding carboxylic acids is 1. The maximum atomic E-state index is 11.5. The summed E-state index contributed by atoms with van der Waals surface area (Å²) in [6, 6.07) is 24.0. The zero-order valence-electron chi connectivity index (χ0n) is 28.8. The van der Waals surface area contributed by atoms with E-state index in [2.05, 4.69) is 71.1 Å². The third-order valence-electron chi connectivity index (χ3n) is 7.28. The normalized spacial score (nSPS) is 12.0. The van der Waals surface area contributed by atoms with Crippen LogP contribution in [0.15, 0.2) is 72.8 Å². The molecule has 0 aliphatic carbocycles. The summed E-state index contributed by atoms with van der Waals surface area (Å²) in [4.78, 5) is 32.7. The topological polar surface area (TPSA) is 104 Å². The van der Waals surface area contributed by atoms with Crippen molar-refractivity contribution in [3.05, 3.63) is 106 Å². The van der Waals surface area contributed by atoms with E-state index in [1.807, 2.05) is 55.5 Å². The standard InChI is InChI=1S/C14H21NO.C13H18O2.C12H16O2/c1-10(2)9-12-5-7-13(8-6-12)11(3)14(16)15-4;1-9(2)8-11-4-6-12(7-5-11)10(3)13(14)15;1-9(2)7-10-3-5-11(6-4-10)8-12(13)14/h5-8,10-11H,9H2,1-4H3,(H,15,16);4-7,9-10H,8H2,1-3H3,(H,14,15);3-6,9H,7-8H2,1-2H3,(H,13,14). The van der Waals surface area contributed by atoms with Crippen molar-refractivity contribution in [1.29, 1.82) is 0 Å².